The molecule has 12 heavy (non-hydrogen) atoms. The largest absolute Gasteiger partial charge is 0.480 e. The Labute approximate surface area is 69.8 Å². The molecule has 0 unspecified atom stereocenters. The molecule has 0 aromatic carbocycles. The van der Waals surface area contributed by atoms with Crippen molar-refractivity contribution in [2.24, 2.45) is 5.73 Å². The average molecular weight is 201 g/mol. The van der Waals surface area contributed by atoms with E-state index in [-0.39, 0.29) is 0 Å². The Morgan fingerprint density at radius 1 is 1.50 bits per heavy atom. The topological polar surface area (TPSA) is 138 Å². The maximum atomic E-state index is 9.81. The van der Waals surface area contributed by atoms with Crippen molar-refractivity contribution < 1.29 is 27.4 Å². The Bertz CT molecular complexity index is 214. The zero-order valence-corrected chi connectivity index (χ0v) is 7.15. The molecule has 0 aromatic heterocycles. The highest BCUT2D eigenvalue weighted by atomic mass is 32.3. The van der Waals surface area contributed by atoms with E-state index >= 15 is 0 Å². The van der Waals surface area contributed by atoms with Gasteiger partial charge in [0.25, 0.3) is 0 Å². The smallest absolute Gasteiger partial charge is 0.394 e. The number of hydrogen-bond donors (Lipinski definition) is 4. The summed E-state index contributed by atoms with van der Waals surface area (Å²) in [6.45, 7) is 1.73. The summed E-state index contributed by atoms with van der Waals surface area (Å²) < 4.78 is 31.6. The highest BCUT2D eigenvalue weighted by molar-refractivity contribution is 7.79. The van der Waals surface area contributed by atoms with Crippen LogP contribution in [0.4, 0.5) is 0 Å². The van der Waals surface area contributed by atoms with Gasteiger partial charge in [0.15, 0.2) is 0 Å². The molecule has 8 heteroatoms. The predicted molar refractivity (Wildman–Crippen MR) is 40.1 cm³/mol. The highest BCUT2D eigenvalue weighted by Gasteiger charge is 2.05. The number of rotatable bonds is 2. The third kappa shape index (κ3) is 22.8. The summed E-state index contributed by atoms with van der Waals surface area (Å²) in [5, 5.41) is 8.06. The monoisotopic (exact) mass is 201 g/mol. The van der Waals surface area contributed by atoms with E-state index in [2.05, 4.69) is 0 Å². The first kappa shape index (κ1) is 13.9. The van der Waals surface area contributed by atoms with Gasteiger partial charge in [0, 0.05) is 0 Å². The Kier molecular flexibility index (Phi) is 6.80. The molecule has 0 rings (SSSR count). The molecule has 0 spiro atoms. The third-order valence-corrected chi connectivity index (χ3v) is 0.757. The van der Waals surface area contributed by atoms with E-state index in [4.69, 9.17) is 28.4 Å². The van der Waals surface area contributed by atoms with Gasteiger partial charge < -0.3 is 10.8 Å². The van der Waals surface area contributed by atoms with Gasteiger partial charge in [-0.3, -0.25) is 13.9 Å². The van der Waals surface area contributed by atoms with Crippen molar-refractivity contribution in [3.05, 3.63) is 0 Å². The summed E-state index contributed by atoms with van der Waals surface area (Å²) in [6, 6.07) is -0.681. The minimum Gasteiger partial charge on any atom is -0.480 e. The van der Waals surface area contributed by atoms with Crippen LogP contribution in [0.15, 0.2) is 0 Å². The van der Waals surface area contributed by atoms with Gasteiger partial charge in [-0.1, -0.05) is 6.92 Å². The van der Waals surface area contributed by atoms with E-state index in [9.17, 15) is 4.79 Å². The van der Waals surface area contributed by atoms with Crippen LogP contribution < -0.4 is 5.73 Å². The normalized spacial score (nSPS) is 12.7. The molecule has 0 aliphatic rings. The number of carboxylic acids is 1. The van der Waals surface area contributed by atoms with E-state index in [1.165, 1.54) is 0 Å². The maximum Gasteiger partial charge on any atom is 0.394 e. The molecule has 0 saturated carbocycles. The number of carboxylic acid groups (broad SMARTS) is 1. The first-order valence-corrected chi connectivity index (χ1v) is 4.26. The fourth-order valence-electron chi connectivity index (χ4n) is 0.175. The summed E-state index contributed by atoms with van der Waals surface area (Å²) >= 11 is 0. The number of aliphatic carboxylic acids is 1. The van der Waals surface area contributed by atoms with Crippen molar-refractivity contribution in [2.75, 3.05) is 0 Å². The van der Waals surface area contributed by atoms with Crippen LogP contribution in [0.2, 0.25) is 0 Å². The fourth-order valence-corrected chi connectivity index (χ4v) is 0.175. The van der Waals surface area contributed by atoms with Crippen LogP contribution in [0, 0.1) is 0 Å². The highest BCUT2D eigenvalue weighted by Crippen LogP contribution is 1.82. The number of carbonyl (C=O) groups is 1. The van der Waals surface area contributed by atoms with Crippen LogP contribution in [-0.2, 0) is 15.2 Å². The molecule has 0 bridgehead atoms. The van der Waals surface area contributed by atoms with Gasteiger partial charge in [-0.25, -0.2) is 0 Å². The van der Waals surface area contributed by atoms with Crippen LogP contribution in [0.3, 0.4) is 0 Å². The zero-order valence-electron chi connectivity index (χ0n) is 6.34. The molecule has 0 saturated heterocycles. The van der Waals surface area contributed by atoms with Gasteiger partial charge >= 0.3 is 16.4 Å². The molecule has 1 atom stereocenters. The van der Waals surface area contributed by atoms with Gasteiger partial charge in [0.1, 0.15) is 6.04 Å². The summed E-state index contributed by atoms with van der Waals surface area (Å²) in [6.07, 6.45) is 0.495. The maximum absolute atomic E-state index is 9.81. The van der Waals surface area contributed by atoms with Crippen LogP contribution >= 0.6 is 0 Å². The lowest BCUT2D eigenvalue weighted by Gasteiger charge is -1.97. The van der Waals surface area contributed by atoms with Crippen LogP contribution in [0.25, 0.3) is 0 Å². The molecule has 0 radical (unpaired) electrons. The molecular weight excluding hydrogens is 190 g/mol. The summed E-state index contributed by atoms with van der Waals surface area (Å²) in [4.78, 5) is 9.81. The molecule has 0 aliphatic carbocycles. The first-order valence-electron chi connectivity index (χ1n) is 2.86. The number of hydrogen-bond acceptors (Lipinski definition) is 4. The lowest BCUT2D eigenvalue weighted by atomic mass is 10.2. The summed E-state index contributed by atoms with van der Waals surface area (Å²) in [5.74, 6) is -0.928. The second-order valence-corrected chi connectivity index (χ2v) is 2.70. The van der Waals surface area contributed by atoms with E-state index < -0.39 is 22.4 Å². The molecule has 0 amide bonds. The van der Waals surface area contributed by atoms with Crippen molar-refractivity contribution >= 4 is 16.4 Å². The molecule has 0 aliphatic heterocycles. The van der Waals surface area contributed by atoms with E-state index in [0.717, 1.165) is 0 Å². The van der Waals surface area contributed by atoms with E-state index in [1.807, 2.05) is 0 Å². The number of nitrogens with two attached hydrogens (primary N) is 1. The minimum absolute atomic E-state index is 0.495. The van der Waals surface area contributed by atoms with Gasteiger partial charge in [-0.15, -0.1) is 0 Å². The molecule has 5 N–H and O–H groups in total. The lowest BCUT2D eigenvalue weighted by Crippen LogP contribution is -2.28. The van der Waals surface area contributed by atoms with Crippen molar-refractivity contribution in [3.8, 4) is 0 Å². The Morgan fingerprint density at radius 2 is 1.75 bits per heavy atom. The Morgan fingerprint density at radius 3 is 1.75 bits per heavy atom. The quantitative estimate of drug-likeness (QED) is 0.427. The van der Waals surface area contributed by atoms with Gasteiger partial charge in [-0.2, -0.15) is 8.42 Å². The lowest BCUT2D eigenvalue weighted by molar-refractivity contribution is -0.138. The second kappa shape index (κ2) is 5.89. The predicted octanol–water partition coefficient (Wildman–Crippen LogP) is -0.844. The average Bonchev–Trinajstić information content (AvgIpc) is 1.82. The standard InChI is InChI=1S/C4H9NO2.H2O4S/c1-2-3(5)4(6)7;1-5(2,3)4/h3H,2,5H2,1H3,(H,6,7);(H2,1,2,3,4)/t3-;/m0./s1. The molecule has 7 nitrogen and oxygen atoms in total. The minimum atomic E-state index is -4.67. The van der Waals surface area contributed by atoms with E-state index in [1.54, 1.807) is 6.92 Å². The molecule has 74 valence electrons. The Balaban J connectivity index is 0. The van der Waals surface area contributed by atoms with Crippen molar-refractivity contribution in [1.29, 1.82) is 0 Å². The van der Waals surface area contributed by atoms with Crippen LogP contribution in [0.5, 0.6) is 0 Å². The van der Waals surface area contributed by atoms with Crippen LogP contribution in [0.1, 0.15) is 13.3 Å². The summed E-state index contributed by atoms with van der Waals surface area (Å²) in [5.41, 5.74) is 5.02. The van der Waals surface area contributed by atoms with Gasteiger partial charge in [0.05, 0.1) is 0 Å². The molecule has 0 aromatic rings. The Hall–Kier alpha value is -0.700. The van der Waals surface area contributed by atoms with Crippen molar-refractivity contribution in [2.45, 2.75) is 19.4 Å². The molecule has 0 fully saturated rings. The van der Waals surface area contributed by atoms with Crippen LogP contribution in [-0.4, -0.2) is 34.6 Å². The summed E-state index contributed by atoms with van der Waals surface area (Å²) in [7, 11) is -4.67. The fraction of sp³-hybridized carbons (Fsp3) is 0.750. The van der Waals surface area contributed by atoms with Gasteiger partial charge in [0.2, 0.25) is 0 Å². The molecule has 0 heterocycles. The van der Waals surface area contributed by atoms with Crippen molar-refractivity contribution in [1.82, 2.24) is 0 Å². The van der Waals surface area contributed by atoms with Crippen molar-refractivity contribution in [3.63, 3.8) is 0 Å². The third-order valence-electron chi connectivity index (χ3n) is 0.757. The second-order valence-electron chi connectivity index (χ2n) is 1.80. The van der Waals surface area contributed by atoms with E-state index in [0.29, 0.717) is 6.42 Å². The SMILES string of the molecule is CC[C@H](N)C(=O)O.O=S(=O)(O)O. The van der Waals surface area contributed by atoms with Gasteiger partial charge in [-0.05, 0) is 6.42 Å². The first-order chi connectivity index (χ1) is 5.18. The zero-order chi connectivity index (χ0) is 10.4. The molecular formula is C4H11NO6S.